The van der Waals surface area contributed by atoms with Gasteiger partial charge >= 0.3 is 0 Å². The van der Waals surface area contributed by atoms with Gasteiger partial charge < -0.3 is 20.5 Å². The number of hydrogen-bond donors (Lipinski definition) is 2. The molecule has 1 heterocycles. The monoisotopic (exact) mass is 400 g/mol. The molecule has 0 bridgehead atoms. The topological polar surface area (TPSA) is 90.6 Å². The van der Waals surface area contributed by atoms with Gasteiger partial charge in [-0.1, -0.05) is 12.1 Å². The Bertz CT molecular complexity index is 919. The fraction of sp³-hybridized carbons (Fsp3) is 0.333. The number of benzene rings is 1. The summed E-state index contributed by atoms with van der Waals surface area (Å²) in [5.41, 5.74) is 7.99. The summed E-state index contributed by atoms with van der Waals surface area (Å²) < 4.78 is 11.2. The fourth-order valence-electron chi connectivity index (χ4n) is 3.31. The molecule has 7 heteroatoms. The zero-order valence-electron chi connectivity index (χ0n) is 16.0. The molecular formula is C21H24N2O4S. The number of primary amides is 1. The van der Waals surface area contributed by atoms with Crippen molar-refractivity contribution in [3.63, 3.8) is 0 Å². The van der Waals surface area contributed by atoms with Crippen molar-refractivity contribution in [2.75, 3.05) is 12.4 Å². The third kappa shape index (κ3) is 4.04. The minimum atomic E-state index is -0.781. The van der Waals surface area contributed by atoms with Gasteiger partial charge in [0.1, 0.15) is 5.00 Å². The Morgan fingerprint density at radius 2 is 2.14 bits per heavy atom. The number of fused-ring (bicyclic) bond motifs is 1. The second-order valence-corrected chi connectivity index (χ2v) is 7.76. The molecule has 0 aliphatic heterocycles. The lowest BCUT2D eigenvalue weighted by atomic mass is 10.1. The van der Waals surface area contributed by atoms with Gasteiger partial charge in [-0.3, -0.25) is 9.59 Å². The van der Waals surface area contributed by atoms with Crippen molar-refractivity contribution in [3.8, 4) is 11.5 Å². The van der Waals surface area contributed by atoms with E-state index in [1.54, 1.807) is 26.2 Å². The molecule has 1 aromatic carbocycles. The first-order valence-electron chi connectivity index (χ1n) is 9.14. The molecule has 3 N–H and O–H groups in total. The average Bonchev–Trinajstić information content (AvgIpc) is 3.23. The van der Waals surface area contributed by atoms with E-state index in [-0.39, 0.29) is 5.91 Å². The van der Waals surface area contributed by atoms with E-state index in [1.807, 2.05) is 12.1 Å². The second-order valence-electron chi connectivity index (χ2n) is 6.65. The highest BCUT2D eigenvalue weighted by Crippen LogP contribution is 2.39. The van der Waals surface area contributed by atoms with Crippen LogP contribution in [0, 0.1) is 0 Å². The lowest BCUT2D eigenvalue weighted by molar-refractivity contribution is -0.122. The predicted octanol–water partition coefficient (Wildman–Crippen LogP) is 3.48. The van der Waals surface area contributed by atoms with Crippen molar-refractivity contribution in [2.45, 2.75) is 38.7 Å². The third-order valence-corrected chi connectivity index (χ3v) is 5.89. The number of methoxy groups -OCH3 is 1. The van der Waals surface area contributed by atoms with Crippen LogP contribution in [0.3, 0.4) is 0 Å². The second kappa shape index (κ2) is 8.48. The molecule has 0 unspecified atom stereocenters. The first kappa shape index (κ1) is 19.9. The van der Waals surface area contributed by atoms with E-state index < -0.39 is 12.0 Å². The van der Waals surface area contributed by atoms with Crippen LogP contribution in [0.4, 0.5) is 5.00 Å². The van der Waals surface area contributed by atoms with Crippen LogP contribution in [0.2, 0.25) is 0 Å². The molecule has 0 radical (unpaired) electrons. The smallest absolute Gasteiger partial charge is 0.265 e. The zero-order chi connectivity index (χ0) is 20.3. The van der Waals surface area contributed by atoms with Gasteiger partial charge in [0, 0.05) is 4.88 Å². The molecule has 2 aromatic rings. The summed E-state index contributed by atoms with van der Waals surface area (Å²) >= 11 is 1.42. The van der Waals surface area contributed by atoms with Gasteiger partial charge in [0.15, 0.2) is 17.6 Å². The van der Waals surface area contributed by atoms with Gasteiger partial charge in [-0.25, -0.2) is 0 Å². The number of aryl methyl sites for hydroxylation is 1. The molecule has 0 saturated heterocycles. The van der Waals surface area contributed by atoms with Crippen molar-refractivity contribution >= 4 is 28.2 Å². The number of anilines is 1. The number of ether oxygens (including phenoxy) is 2. The van der Waals surface area contributed by atoms with Crippen LogP contribution in [-0.2, 0) is 24.1 Å². The van der Waals surface area contributed by atoms with E-state index in [4.69, 9.17) is 15.2 Å². The molecule has 3 rings (SSSR count). The first-order chi connectivity index (χ1) is 13.4. The molecule has 1 atom stereocenters. The van der Waals surface area contributed by atoms with E-state index in [9.17, 15) is 9.59 Å². The molecule has 0 spiro atoms. The van der Waals surface area contributed by atoms with Gasteiger partial charge in [-0.2, -0.15) is 0 Å². The number of nitrogens with one attached hydrogen (secondary N) is 1. The number of hydrogen-bond acceptors (Lipinski definition) is 5. The Hall–Kier alpha value is -2.80. The molecule has 2 amide bonds. The number of allylic oxidation sites excluding steroid dienone is 1. The van der Waals surface area contributed by atoms with E-state index in [0.29, 0.717) is 28.5 Å². The Kier molecular flexibility index (Phi) is 6.04. The minimum absolute atomic E-state index is 0.348. The van der Waals surface area contributed by atoms with Gasteiger partial charge in [-0.15, -0.1) is 17.9 Å². The van der Waals surface area contributed by atoms with Crippen molar-refractivity contribution in [3.05, 3.63) is 52.4 Å². The minimum Gasteiger partial charge on any atom is -0.493 e. The molecule has 0 saturated carbocycles. The quantitative estimate of drug-likeness (QED) is 0.664. The predicted molar refractivity (Wildman–Crippen MR) is 110 cm³/mol. The maximum atomic E-state index is 12.7. The summed E-state index contributed by atoms with van der Waals surface area (Å²) in [4.78, 5) is 25.7. The summed E-state index contributed by atoms with van der Waals surface area (Å²) in [6.07, 6.45) is 4.48. The molecule has 1 aliphatic carbocycles. The fourth-order valence-corrected chi connectivity index (χ4v) is 4.61. The van der Waals surface area contributed by atoms with Crippen LogP contribution in [0.15, 0.2) is 30.9 Å². The lowest BCUT2D eigenvalue weighted by Crippen LogP contribution is -2.30. The molecule has 0 fully saturated rings. The Balaban J connectivity index is 1.74. The summed E-state index contributed by atoms with van der Waals surface area (Å²) in [6, 6.07) is 5.53. The standard InChI is InChI=1S/C21H24N2O4S/c1-4-6-13-9-10-15(16(11-13)26-3)27-12(2)20(25)23-21-18(19(22)24)14-7-5-8-17(14)28-21/h4,9-12H,1,5-8H2,2-3H3,(H2,22,24)(H,23,25)/t12-/m0/s1. The van der Waals surface area contributed by atoms with Crippen LogP contribution < -0.4 is 20.5 Å². The average molecular weight is 401 g/mol. The van der Waals surface area contributed by atoms with E-state index >= 15 is 0 Å². The van der Waals surface area contributed by atoms with Crippen molar-refractivity contribution < 1.29 is 19.1 Å². The van der Waals surface area contributed by atoms with Crippen molar-refractivity contribution in [1.29, 1.82) is 0 Å². The number of nitrogens with two attached hydrogens (primary N) is 1. The maximum absolute atomic E-state index is 12.7. The summed E-state index contributed by atoms with van der Waals surface area (Å²) in [5.74, 6) is 0.163. The first-order valence-corrected chi connectivity index (χ1v) is 9.96. The van der Waals surface area contributed by atoms with Gasteiger partial charge in [0.05, 0.1) is 12.7 Å². The Morgan fingerprint density at radius 3 is 2.82 bits per heavy atom. The highest BCUT2D eigenvalue weighted by molar-refractivity contribution is 7.17. The van der Waals surface area contributed by atoms with Crippen molar-refractivity contribution in [1.82, 2.24) is 0 Å². The van der Waals surface area contributed by atoms with E-state index in [2.05, 4.69) is 11.9 Å². The molecule has 28 heavy (non-hydrogen) atoms. The SMILES string of the molecule is C=CCc1ccc(O[C@@H](C)C(=O)Nc2sc3c(c2C(N)=O)CCC3)c(OC)c1. The van der Waals surface area contributed by atoms with Crippen LogP contribution in [0.5, 0.6) is 11.5 Å². The van der Waals surface area contributed by atoms with Gasteiger partial charge in [0.25, 0.3) is 11.8 Å². The lowest BCUT2D eigenvalue weighted by Gasteiger charge is -2.17. The van der Waals surface area contributed by atoms with E-state index in [0.717, 1.165) is 35.3 Å². The van der Waals surface area contributed by atoms with Crippen LogP contribution in [-0.4, -0.2) is 25.0 Å². The zero-order valence-corrected chi connectivity index (χ0v) is 16.9. The Morgan fingerprint density at radius 1 is 1.36 bits per heavy atom. The highest BCUT2D eigenvalue weighted by atomic mass is 32.1. The van der Waals surface area contributed by atoms with E-state index in [1.165, 1.54) is 11.3 Å². The molecule has 1 aromatic heterocycles. The largest absolute Gasteiger partial charge is 0.493 e. The molecular weight excluding hydrogens is 376 g/mol. The maximum Gasteiger partial charge on any atom is 0.265 e. The third-order valence-electron chi connectivity index (χ3n) is 4.69. The molecule has 1 aliphatic rings. The summed E-state index contributed by atoms with van der Waals surface area (Å²) in [6.45, 7) is 5.38. The number of thiophene rings is 1. The molecule has 6 nitrogen and oxygen atoms in total. The number of rotatable bonds is 8. The van der Waals surface area contributed by atoms with Gasteiger partial charge in [0.2, 0.25) is 0 Å². The molecule has 148 valence electrons. The Labute approximate surface area is 168 Å². The van der Waals surface area contributed by atoms with Gasteiger partial charge in [-0.05, 0) is 55.9 Å². The van der Waals surface area contributed by atoms with Crippen LogP contribution in [0.25, 0.3) is 0 Å². The highest BCUT2D eigenvalue weighted by Gasteiger charge is 2.27. The number of carbonyl (C=O) groups is 2. The van der Waals surface area contributed by atoms with Crippen LogP contribution >= 0.6 is 11.3 Å². The summed E-state index contributed by atoms with van der Waals surface area (Å²) in [7, 11) is 1.55. The normalized spacial score (nSPS) is 13.5. The number of carbonyl (C=O) groups excluding carboxylic acids is 2. The van der Waals surface area contributed by atoms with Crippen LogP contribution in [0.1, 0.15) is 39.7 Å². The summed E-state index contributed by atoms with van der Waals surface area (Å²) in [5, 5.41) is 3.32. The number of amides is 2. The van der Waals surface area contributed by atoms with Crippen molar-refractivity contribution in [2.24, 2.45) is 5.73 Å².